The summed E-state index contributed by atoms with van der Waals surface area (Å²) < 4.78 is 39.1. The van der Waals surface area contributed by atoms with Crippen LogP contribution < -0.4 is 9.46 Å². The third kappa shape index (κ3) is 4.18. The van der Waals surface area contributed by atoms with E-state index in [0.717, 1.165) is 12.8 Å². The molecule has 1 N–H and O–H groups in total. The number of hydrogen-bond acceptors (Lipinski definition) is 4. The first-order valence-corrected chi connectivity index (χ1v) is 9.15. The fourth-order valence-electron chi connectivity index (χ4n) is 2.48. The Morgan fingerprint density at radius 1 is 1.38 bits per heavy atom. The van der Waals surface area contributed by atoms with Crippen LogP contribution in [0.3, 0.4) is 0 Å². The Bertz CT molecular complexity index is 585. The van der Waals surface area contributed by atoms with Crippen LogP contribution in [-0.2, 0) is 14.8 Å². The van der Waals surface area contributed by atoms with Crippen LogP contribution in [0.5, 0.6) is 5.75 Å². The van der Waals surface area contributed by atoms with Crippen molar-refractivity contribution in [3.8, 4) is 5.75 Å². The standard InChI is InChI=1S/C14H20BrNO4S/c1-10(11-5-7-20-8-6-11)16-21(17,18)14-9-12(15)3-4-13(14)19-2/h3-4,9-11,16H,5-8H2,1-2H3. The maximum atomic E-state index is 12.6. The molecule has 7 heteroatoms. The average molecular weight is 378 g/mol. The first-order chi connectivity index (χ1) is 9.94. The van der Waals surface area contributed by atoms with E-state index in [9.17, 15) is 8.42 Å². The molecule has 1 aromatic carbocycles. The summed E-state index contributed by atoms with van der Waals surface area (Å²) in [6.07, 6.45) is 1.75. The number of halogens is 1. The molecule has 118 valence electrons. The van der Waals surface area contributed by atoms with Crippen molar-refractivity contribution in [3.05, 3.63) is 22.7 Å². The first-order valence-electron chi connectivity index (χ1n) is 6.87. The molecule has 2 rings (SSSR count). The van der Waals surface area contributed by atoms with Crippen molar-refractivity contribution < 1.29 is 17.9 Å². The van der Waals surface area contributed by atoms with Crippen LogP contribution in [0.2, 0.25) is 0 Å². The summed E-state index contributed by atoms with van der Waals surface area (Å²) in [7, 11) is -2.16. The molecule has 1 unspecified atom stereocenters. The van der Waals surface area contributed by atoms with E-state index in [1.165, 1.54) is 7.11 Å². The Labute approximate surface area is 134 Å². The van der Waals surface area contributed by atoms with E-state index in [0.29, 0.717) is 29.4 Å². The van der Waals surface area contributed by atoms with Crippen LogP contribution in [-0.4, -0.2) is 34.8 Å². The zero-order valence-electron chi connectivity index (χ0n) is 12.1. The van der Waals surface area contributed by atoms with Gasteiger partial charge in [0.1, 0.15) is 10.6 Å². The molecular formula is C14H20BrNO4S. The highest BCUT2D eigenvalue weighted by Crippen LogP contribution is 2.28. The van der Waals surface area contributed by atoms with E-state index >= 15 is 0 Å². The molecule has 5 nitrogen and oxygen atoms in total. The van der Waals surface area contributed by atoms with Gasteiger partial charge in [-0.3, -0.25) is 0 Å². The quantitative estimate of drug-likeness (QED) is 0.856. The number of ether oxygens (including phenoxy) is 2. The predicted molar refractivity (Wildman–Crippen MR) is 84.0 cm³/mol. The van der Waals surface area contributed by atoms with Gasteiger partial charge in [-0.1, -0.05) is 15.9 Å². The lowest BCUT2D eigenvalue weighted by atomic mass is 9.94. The van der Waals surface area contributed by atoms with Gasteiger partial charge in [0.25, 0.3) is 0 Å². The summed E-state index contributed by atoms with van der Waals surface area (Å²) in [6.45, 7) is 3.28. The Balaban J connectivity index is 2.19. The Morgan fingerprint density at radius 2 is 2.05 bits per heavy atom. The second-order valence-electron chi connectivity index (χ2n) is 5.15. The molecule has 1 aliphatic heterocycles. The van der Waals surface area contributed by atoms with Crippen LogP contribution in [0.1, 0.15) is 19.8 Å². The molecule has 0 aliphatic carbocycles. The summed E-state index contributed by atoms with van der Waals surface area (Å²) in [6, 6.07) is 4.80. The molecule has 0 bridgehead atoms. The van der Waals surface area contributed by atoms with Crippen LogP contribution in [0.25, 0.3) is 0 Å². The lowest BCUT2D eigenvalue weighted by molar-refractivity contribution is 0.0585. The molecule has 1 atom stereocenters. The predicted octanol–water partition coefficient (Wildman–Crippen LogP) is 2.55. The molecule has 0 aromatic heterocycles. The summed E-state index contributed by atoms with van der Waals surface area (Å²) >= 11 is 3.30. The molecular weight excluding hydrogens is 358 g/mol. The van der Waals surface area contributed by atoms with Gasteiger partial charge in [-0.15, -0.1) is 0 Å². The largest absolute Gasteiger partial charge is 0.495 e. The van der Waals surface area contributed by atoms with Crippen molar-refractivity contribution in [1.82, 2.24) is 4.72 Å². The molecule has 0 spiro atoms. The molecule has 1 aliphatic rings. The van der Waals surface area contributed by atoms with Gasteiger partial charge < -0.3 is 9.47 Å². The molecule has 0 saturated carbocycles. The monoisotopic (exact) mass is 377 g/mol. The second kappa shape index (κ2) is 7.09. The topological polar surface area (TPSA) is 64.6 Å². The van der Waals surface area contributed by atoms with Gasteiger partial charge in [-0.25, -0.2) is 13.1 Å². The van der Waals surface area contributed by atoms with Gasteiger partial charge in [0, 0.05) is 23.7 Å². The van der Waals surface area contributed by atoms with Gasteiger partial charge in [-0.05, 0) is 43.9 Å². The average Bonchev–Trinajstić information content (AvgIpc) is 2.47. The third-order valence-corrected chi connectivity index (χ3v) is 5.80. The fraction of sp³-hybridized carbons (Fsp3) is 0.571. The van der Waals surface area contributed by atoms with Crippen molar-refractivity contribution in [2.75, 3.05) is 20.3 Å². The highest BCUT2D eigenvalue weighted by molar-refractivity contribution is 9.10. The summed E-state index contributed by atoms with van der Waals surface area (Å²) in [4.78, 5) is 0.151. The van der Waals surface area contributed by atoms with Crippen LogP contribution in [0.4, 0.5) is 0 Å². The van der Waals surface area contributed by atoms with Gasteiger partial charge >= 0.3 is 0 Å². The van der Waals surface area contributed by atoms with E-state index < -0.39 is 10.0 Å². The summed E-state index contributed by atoms with van der Waals surface area (Å²) in [5.41, 5.74) is 0. The van der Waals surface area contributed by atoms with Crippen molar-refractivity contribution in [1.29, 1.82) is 0 Å². The summed E-state index contributed by atoms with van der Waals surface area (Å²) in [5.74, 6) is 0.636. The maximum Gasteiger partial charge on any atom is 0.244 e. The smallest absolute Gasteiger partial charge is 0.244 e. The number of hydrogen-bond donors (Lipinski definition) is 1. The van der Waals surface area contributed by atoms with E-state index in [1.807, 2.05) is 6.92 Å². The Hall–Kier alpha value is -0.630. The third-order valence-electron chi connectivity index (χ3n) is 3.73. The van der Waals surface area contributed by atoms with Gasteiger partial charge in [0.05, 0.1) is 7.11 Å². The van der Waals surface area contributed by atoms with Crippen molar-refractivity contribution in [2.45, 2.75) is 30.7 Å². The summed E-state index contributed by atoms with van der Waals surface area (Å²) in [5, 5.41) is 0. The number of sulfonamides is 1. The molecule has 21 heavy (non-hydrogen) atoms. The molecule has 1 fully saturated rings. The minimum absolute atomic E-state index is 0.136. The SMILES string of the molecule is COc1ccc(Br)cc1S(=O)(=O)NC(C)C1CCOCC1. The van der Waals surface area contributed by atoms with E-state index in [-0.39, 0.29) is 10.9 Å². The first kappa shape index (κ1) is 16.7. The maximum absolute atomic E-state index is 12.6. The number of nitrogens with one attached hydrogen (secondary N) is 1. The highest BCUT2D eigenvalue weighted by atomic mass is 79.9. The van der Waals surface area contributed by atoms with Crippen LogP contribution in [0, 0.1) is 5.92 Å². The van der Waals surface area contributed by atoms with E-state index in [2.05, 4.69) is 20.7 Å². The Kier molecular flexibility index (Phi) is 5.65. The van der Waals surface area contributed by atoms with Crippen molar-refractivity contribution in [3.63, 3.8) is 0 Å². The van der Waals surface area contributed by atoms with Crippen LogP contribution in [0.15, 0.2) is 27.6 Å². The van der Waals surface area contributed by atoms with Gasteiger partial charge in [-0.2, -0.15) is 0 Å². The minimum atomic E-state index is -3.62. The normalized spacial score (nSPS) is 18.4. The fourth-order valence-corrected chi connectivity index (χ4v) is 4.50. The number of methoxy groups -OCH3 is 1. The molecule has 1 heterocycles. The molecule has 1 saturated heterocycles. The number of benzene rings is 1. The van der Waals surface area contributed by atoms with Crippen molar-refractivity contribution >= 4 is 26.0 Å². The molecule has 0 amide bonds. The molecule has 0 radical (unpaired) electrons. The zero-order valence-corrected chi connectivity index (χ0v) is 14.5. The van der Waals surface area contributed by atoms with E-state index in [4.69, 9.17) is 9.47 Å². The lowest BCUT2D eigenvalue weighted by Crippen LogP contribution is -2.40. The lowest BCUT2D eigenvalue weighted by Gasteiger charge is -2.28. The molecule has 1 aromatic rings. The van der Waals surface area contributed by atoms with Gasteiger partial charge in [0.2, 0.25) is 10.0 Å². The van der Waals surface area contributed by atoms with E-state index in [1.54, 1.807) is 18.2 Å². The second-order valence-corrected chi connectivity index (χ2v) is 7.75. The highest BCUT2D eigenvalue weighted by Gasteiger charge is 2.27. The number of rotatable bonds is 5. The Morgan fingerprint density at radius 3 is 2.67 bits per heavy atom. The van der Waals surface area contributed by atoms with Crippen molar-refractivity contribution in [2.24, 2.45) is 5.92 Å². The zero-order chi connectivity index (χ0) is 15.5. The van der Waals surface area contributed by atoms with Gasteiger partial charge in [0.15, 0.2) is 0 Å². The van der Waals surface area contributed by atoms with Crippen LogP contribution >= 0.6 is 15.9 Å². The minimum Gasteiger partial charge on any atom is -0.495 e.